The van der Waals surface area contributed by atoms with Crippen molar-refractivity contribution < 1.29 is 9.21 Å². The van der Waals surface area contributed by atoms with Gasteiger partial charge in [-0.1, -0.05) is 23.9 Å². The first-order valence-corrected chi connectivity index (χ1v) is 10.2. The molecule has 0 fully saturated rings. The number of thiazole rings is 1. The molecule has 0 aliphatic rings. The second-order valence-corrected chi connectivity index (χ2v) is 7.78. The molecule has 136 valence electrons. The molecule has 0 bridgehead atoms. The van der Waals surface area contributed by atoms with Gasteiger partial charge in [0.1, 0.15) is 16.2 Å². The summed E-state index contributed by atoms with van der Waals surface area (Å²) in [5.41, 5.74) is 4.15. The molecule has 1 N–H and O–H groups in total. The number of hydrogen-bond donors (Lipinski definition) is 1. The molecule has 3 heterocycles. The molecule has 0 atom stereocenters. The summed E-state index contributed by atoms with van der Waals surface area (Å²) >= 11 is 2.92. The van der Waals surface area contributed by atoms with Crippen LogP contribution in [0.3, 0.4) is 0 Å². The van der Waals surface area contributed by atoms with E-state index in [2.05, 4.69) is 20.3 Å². The molecule has 0 aliphatic heterocycles. The summed E-state index contributed by atoms with van der Waals surface area (Å²) in [4.78, 5) is 25.1. The summed E-state index contributed by atoms with van der Waals surface area (Å²) in [5, 5.41) is 6.08. The maximum atomic E-state index is 12.2. The Labute approximate surface area is 164 Å². The molecule has 0 saturated carbocycles. The highest BCUT2D eigenvalue weighted by Crippen LogP contribution is 2.27. The molecule has 1 amide bonds. The molecule has 0 unspecified atom stereocenters. The van der Waals surface area contributed by atoms with Gasteiger partial charge in [-0.15, -0.1) is 11.3 Å². The Kier molecular flexibility index (Phi) is 5.17. The lowest BCUT2D eigenvalue weighted by Gasteiger charge is -2.02. The molecule has 4 aromatic rings. The number of hydrogen-bond acceptors (Lipinski definition) is 7. The lowest BCUT2D eigenvalue weighted by atomic mass is 10.2. The monoisotopic (exact) mass is 396 g/mol. The number of aryl methyl sites for hydroxylation is 1. The van der Waals surface area contributed by atoms with Crippen LogP contribution in [-0.4, -0.2) is 20.9 Å². The lowest BCUT2D eigenvalue weighted by Crippen LogP contribution is -2.23. The molecule has 0 radical (unpaired) electrons. The van der Waals surface area contributed by atoms with E-state index in [4.69, 9.17) is 4.42 Å². The fourth-order valence-electron chi connectivity index (χ4n) is 2.46. The van der Waals surface area contributed by atoms with E-state index in [1.165, 1.54) is 23.1 Å². The summed E-state index contributed by atoms with van der Waals surface area (Å²) in [6, 6.07) is 9.68. The van der Waals surface area contributed by atoms with Crippen molar-refractivity contribution in [2.75, 3.05) is 0 Å². The highest BCUT2D eigenvalue weighted by atomic mass is 32.2. The van der Waals surface area contributed by atoms with Crippen molar-refractivity contribution in [3.63, 3.8) is 0 Å². The molecule has 8 heteroatoms. The summed E-state index contributed by atoms with van der Waals surface area (Å²) < 4.78 is 5.73. The molecule has 3 aromatic heterocycles. The number of fused-ring (bicyclic) bond motifs is 1. The second kappa shape index (κ2) is 7.89. The number of carbonyl (C=O) groups is 1. The van der Waals surface area contributed by atoms with Gasteiger partial charge in [0.25, 0.3) is 11.1 Å². The SMILES string of the molecule is Cc1ccc2oc(SCc3nc(C(=O)NCc4cccnc4)cs3)nc2c1. The number of amides is 1. The average molecular weight is 396 g/mol. The number of rotatable bonds is 6. The normalized spacial score (nSPS) is 11.0. The van der Waals surface area contributed by atoms with Crippen LogP contribution in [0.1, 0.15) is 26.6 Å². The van der Waals surface area contributed by atoms with Crippen LogP contribution in [0, 0.1) is 6.92 Å². The first-order chi connectivity index (χ1) is 13.2. The van der Waals surface area contributed by atoms with E-state index in [-0.39, 0.29) is 5.91 Å². The van der Waals surface area contributed by atoms with Gasteiger partial charge >= 0.3 is 0 Å². The third kappa shape index (κ3) is 4.35. The van der Waals surface area contributed by atoms with Crippen molar-refractivity contribution in [2.45, 2.75) is 24.4 Å². The fourth-order valence-corrected chi connectivity index (χ4v) is 4.09. The van der Waals surface area contributed by atoms with Crippen LogP contribution in [0.4, 0.5) is 0 Å². The number of benzene rings is 1. The summed E-state index contributed by atoms with van der Waals surface area (Å²) in [6.45, 7) is 2.45. The molecule has 1 aromatic carbocycles. The first-order valence-electron chi connectivity index (χ1n) is 8.29. The second-order valence-electron chi connectivity index (χ2n) is 5.91. The van der Waals surface area contributed by atoms with Crippen molar-refractivity contribution in [3.8, 4) is 0 Å². The summed E-state index contributed by atoms with van der Waals surface area (Å²) in [5.74, 6) is 0.413. The van der Waals surface area contributed by atoms with E-state index in [0.29, 0.717) is 23.2 Å². The van der Waals surface area contributed by atoms with Gasteiger partial charge in [0.15, 0.2) is 5.58 Å². The molecule has 6 nitrogen and oxygen atoms in total. The number of carbonyl (C=O) groups excluding carboxylic acids is 1. The molecule has 0 aliphatic carbocycles. The number of thioether (sulfide) groups is 1. The van der Waals surface area contributed by atoms with Crippen LogP contribution < -0.4 is 5.32 Å². The Morgan fingerprint density at radius 3 is 3.07 bits per heavy atom. The summed E-state index contributed by atoms with van der Waals surface area (Å²) in [6.07, 6.45) is 3.43. The number of oxazole rings is 1. The number of aromatic nitrogens is 3. The Bertz CT molecular complexity index is 1080. The number of nitrogens with one attached hydrogen (secondary N) is 1. The van der Waals surface area contributed by atoms with Crippen molar-refractivity contribution >= 4 is 40.1 Å². The highest BCUT2D eigenvalue weighted by molar-refractivity contribution is 7.98. The first kappa shape index (κ1) is 17.7. The van der Waals surface area contributed by atoms with Crippen molar-refractivity contribution in [1.29, 1.82) is 0 Å². The smallest absolute Gasteiger partial charge is 0.271 e. The molecule has 0 saturated heterocycles. The highest BCUT2D eigenvalue weighted by Gasteiger charge is 2.12. The predicted molar refractivity (Wildman–Crippen MR) is 106 cm³/mol. The van der Waals surface area contributed by atoms with Crippen molar-refractivity contribution in [3.05, 3.63) is 69.9 Å². The van der Waals surface area contributed by atoms with Crippen LogP contribution >= 0.6 is 23.1 Å². The van der Waals surface area contributed by atoms with Gasteiger partial charge < -0.3 is 9.73 Å². The Hall–Kier alpha value is -2.71. The van der Waals surface area contributed by atoms with E-state index in [9.17, 15) is 4.79 Å². The zero-order valence-electron chi connectivity index (χ0n) is 14.5. The molecular formula is C19H16N4O2S2. The molecule has 4 rings (SSSR count). The van der Waals surface area contributed by atoms with Gasteiger partial charge in [0.05, 0.1) is 5.75 Å². The van der Waals surface area contributed by atoms with Crippen LogP contribution in [0.5, 0.6) is 0 Å². The van der Waals surface area contributed by atoms with Crippen LogP contribution in [0.15, 0.2) is 57.7 Å². The van der Waals surface area contributed by atoms with Gasteiger partial charge in [-0.25, -0.2) is 9.97 Å². The fraction of sp³-hybridized carbons (Fsp3) is 0.158. The minimum Gasteiger partial charge on any atom is -0.431 e. The van der Waals surface area contributed by atoms with E-state index in [1.807, 2.05) is 37.3 Å². The minimum absolute atomic E-state index is 0.191. The number of nitrogens with zero attached hydrogens (tertiary/aromatic N) is 3. The Morgan fingerprint density at radius 2 is 2.22 bits per heavy atom. The third-order valence-corrected chi connectivity index (χ3v) is 5.67. The van der Waals surface area contributed by atoms with Crippen LogP contribution in [-0.2, 0) is 12.3 Å². The Balaban J connectivity index is 1.35. The topological polar surface area (TPSA) is 80.9 Å². The summed E-state index contributed by atoms with van der Waals surface area (Å²) in [7, 11) is 0. The van der Waals surface area contributed by atoms with Crippen molar-refractivity contribution in [1.82, 2.24) is 20.3 Å². The molecule has 27 heavy (non-hydrogen) atoms. The maximum absolute atomic E-state index is 12.2. The largest absolute Gasteiger partial charge is 0.431 e. The zero-order chi connectivity index (χ0) is 18.6. The third-order valence-electron chi connectivity index (χ3n) is 3.80. The van der Waals surface area contributed by atoms with Gasteiger partial charge in [0, 0.05) is 24.3 Å². The van der Waals surface area contributed by atoms with Gasteiger partial charge in [0.2, 0.25) is 0 Å². The lowest BCUT2D eigenvalue weighted by molar-refractivity contribution is 0.0946. The standard InChI is InChI=1S/C19H16N4O2S2/c1-12-4-5-16-14(7-12)23-19(25-16)27-11-17-22-15(10-26-17)18(24)21-9-13-3-2-6-20-8-13/h2-8,10H,9,11H2,1H3,(H,21,24). The Morgan fingerprint density at radius 1 is 1.30 bits per heavy atom. The van der Waals surface area contributed by atoms with Gasteiger partial charge in [-0.05, 0) is 36.2 Å². The quantitative estimate of drug-likeness (QED) is 0.492. The maximum Gasteiger partial charge on any atom is 0.271 e. The van der Waals surface area contributed by atoms with Crippen molar-refractivity contribution in [2.24, 2.45) is 0 Å². The van der Waals surface area contributed by atoms with Gasteiger partial charge in [-0.2, -0.15) is 0 Å². The van der Waals surface area contributed by atoms with Crippen LogP contribution in [0.2, 0.25) is 0 Å². The van der Waals surface area contributed by atoms with Gasteiger partial charge in [-0.3, -0.25) is 9.78 Å². The minimum atomic E-state index is -0.191. The van der Waals surface area contributed by atoms with Crippen LogP contribution in [0.25, 0.3) is 11.1 Å². The van der Waals surface area contributed by atoms with E-state index in [0.717, 1.165) is 27.2 Å². The number of pyridine rings is 1. The van der Waals surface area contributed by atoms with E-state index in [1.54, 1.807) is 17.8 Å². The molecular weight excluding hydrogens is 380 g/mol. The zero-order valence-corrected chi connectivity index (χ0v) is 16.1. The molecule has 0 spiro atoms. The van der Waals surface area contributed by atoms with E-state index >= 15 is 0 Å². The predicted octanol–water partition coefficient (Wildman–Crippen LogP) is 4.21. The van der Waals surface area contributed by atoms with E-state index < -0.39 is 0 Å². The average Bonchev–Trinajstić information content (AvgIpc) is 3.31.